The molecular formula is C24H24N4O3S2. The van der Waals surface area contributed by atoms with Gasteiger partial charge in [-0.2, -0.15) is 0 Å². The number of para-hydroxylation sites is 1. The SMILES string of the molecule is COC[C@H](C)n1c(SCC(=O)Nc2nc(-c3ccc(C)cc3)cs2)nc2ccccc2c1=O. The number of anilines is 1. The van der Waals surface area contributed by atoms with Crippen molar-refractivity contribution >= 4 is 45.0 Å². The minimum atomic E-state index is -0.221. The summed E-state index contributed by atoms with van der Waals surface area (Å²) in [5, 5.41) is 6.33. The third kappa shape index (κ3) is 5.32. The standard InChI is InChI=1S/C24H24N4O3S2/c1-15-8-10-17(11-9-15)20-13-32-23(25-20)27-21(29)14-33-24-26-19-7-5-4-6-18(19)22(30)28(24)16(2)12-31-3/h4-11,13,16H,12,14H2,1-3H3,(H,25,27,29)/t16-/m0/s1. The number of hydrogen-bond donors (Lipinski definition) is 1. The van der Waals surface area contributed by atoms with E-state index in [0.717, 1.165) is 11.3 Å². The molecule has 4 rings (SSSR count). The number of fused-ring (bicyclic) bond motifs is 1. The van der Waals surface area contributed by atoms with Crippen LogP contribution in [0.1, 0.15) is 18.5 Å². The quantitative estimate of drug-likeness (QED) is 0.289. The van der Waals surface area contributed by atoms with Crippen LogP contribution in [-0.2, 0) is 9.53 Å². The lowest BCUT2D eigenvalue weighted by atomic mass is 10.1. The third-order valence-corrected chi connectivity index (χ3v) is 6.76. The Morgan fingerprint density at radius 2 is 1.94 bits per heavy atom. The molecule has 0 saturated heterocycles. The molecule has 1 atom stereocenters. The van der Waals surface area contributed by atoms with Crippen LogP contribution in [0.2, 0.25) is 0 Å². The van der Waals surface area contributed by atoms with Gasteiger partial charge in [0.05, 0.1) is 35.0 Å². The maximum Gasteiger partial charge on any atom is 0.262 e. The lowest BCUT2D eigenvalue weighted by Crippen LogP contribution is -2.29. The number of methoxy groups -OCH3 is 1. The van der Waals surface area contributed by atoms with E-state index in [0.29, 0.717) is 27.8 Å². The van der Waals surface area contributed by atoms with Gasteiger partial charge in [0.25, 0.3) is 5.56 Å². The molecule has 0 aliphatic carbocycles. The van der Waals surface area contributed by atoms with Gasteiger partial charge in [-0.05, 0) is 26.0 Å². The fourth-order valence-electron chi connectivity index (χ4n) is 3.41. The fraction of sp³-hybridized carbons (Fsp3) is 0.250. The molecule has 33 heavy (non-hydrogen) atoms. The molecule has 4 aromatic rings. The van der Waals surface area contributed by atoms with Crippen LogP contribution in [-0.4, -0.2) is 39.9 Å². The minimum Gasteiger partial charge on any atom is -0.383 e. The van der Waals surface area contributed by atoms with Gasteiger partial charge in [0.1, 0.15) is 0 Å². The van der Waals surface area contributed by atoms with E-state index in [2.05, 4.69) is 15.3 Å². The van der Waals surface area contributed by atoms with E-state index in [1.54, 1.807) is 23.8 Å². The second-order valence-corrected chi connectivity index (χ2v) is 9.43. The molecule has 0 fully saturated rings. The second-order valence-electron chi connectivity index (χ2n) is 7.63. The van der Waals surface area contributed by atoms with Crippen molar-refractivity contribution in [1.82, 2.24) is 14.5 Å². The van der Waals surface area contributed by atoms with Crippen molar-refractivity contribution in [3.05, 3.63) is 69.8 Å². The Hall–Kier alpha value is -3.01. The highest BCUT2D eigenvalue weighted by Crippen LogP contribution is 2.26. The first-order chi connectivity index (χ1) is 16.0. The highest BCUT2D eigenvalue weighted by atomic mass is 32.2. The van der Waals surface area contributed by atoms with Gasteiger partial charge in [-0.25, -0.2) is 9.97 Å². The summed E-state index contributed by atoms with van der Waals surface area (Å²) in [4.78, 5) is 34.9. The van der Waals surface area contributed by atoms with Gasteiger partial charge in [0.2, 0.25) is 5.91 Å². The number of carbonyl (C=O) groups excluding carboxylic acids is 1. The number of rotatable bonds is 8. The van der Waals surface area contributed by atoms with Gasteiger partial charge in [0.15, 0.2) is 10.3 Å². The molecule has 1 amide bonds. The third-order valence-electron chi connectivity index (χ3n) is 5.05. The molecule has 0 aliphatic rings. The first-order valence-corrected chi connectivity index (χ1v) is 12.3. The summed E-state index contributed by atoms with van der Waals surface area (Å²) in [5.74, 6) is -0.109. The molecule has 170 valence electrons. The summed E-state index contributed by atoms with van der Waals surface area (Å²) in [5.41, 5.74) is 3.47. The molecule has 2 aromatic heterocycles. The summed E-state index contributed by atoms with van der Waals surface area (Å²) in [6.45, 7) is 4.29. The van der Waals surface area contributed by atoms with Crippen molar-refractivity contribution in [3.63, 3.8) is 0 Å². The summed E-state index contributed by atoms with van der Waals surface area (Å²) in [6, 6.07) is 15.1. The Labute approximate surface area is 199 Å². The summed E-state index contributed by atoms with van der Waals surface area (Å²) >= 11 is 2.60. The number of hydrogen-bond acceptors (Lipinski definition) is 7. The molecule has 2 heterocycles. The van der Waals surface area contributed by atoms with Gasteiger partial charge in [-0.3, -0.25) is 14.2 Å². The van der Waals surface area contributed by atoms with Crippen LogP contribution in [0, 0.1) is 6.92 Å². The molecule has 0 aliphatic heterocycles. The summed E-state index contributed by atoms with van der Waals surface area (Å²) < 4.78 is 6.85. The number of carbonyl (C=O) groups is 1. The van der Waals surface area contributed by atoms with Crippen LogP contribution in [0.3, 0.4) is 0 Å². The van der Waals surface area contributed by atoms with E-state index in [1.165, 1.54) is 28.7 Å². The predicted octanol–water partition coefficient (Wildman–Crippen LogP) is 4.77. The van der Waals surface area contributed by atoms with E-state index in [-0.39, 0.29) is 23.3 Å². The van der Waals surface area contributed by atoms with E-state index < -0.39 is 0 Å². The van der Waals surface area contributed by atoms with Crippen LogP contribution in [0.4, 0.5) is 5.13 Å². The van der Waals surface area contributed by atoms with Crippen LogP contribution in [0.25, 0.3) is 22.2 Å². The average Bonchev–Trinajstić information content (AvgIpc) is 3.26. The molecule has 9 heteroatoms. The Morgan fingerprint density at radius 1 is 1.18 bits per heavy atom. The first-order valence-electron chi connectivity index (χ1n) is 10.4. The Kier molecular flexibility index (Phi) is 7.22. The van der Waals surface area contributed by atoms with E-state index in [4.69, 9.17) is 4.74 Å². The van der Waals surface area contributed by atoms with Gasteiger partial charge in [0, 0.05) is 18.1 Å². The number of aryl methyl sites for hydroxylation is 1. The van der Waals surface area contributed by atoms with Gasteiger partial charge >= 0.3 is 0 Å². The van der Waals surface area contributed by atoms with Gasteiger partial charge in [-0.15, -0.1) is 11.3 Å². The lowest BCUT2D eigenvalue weighted by molar-refractivity contribution is -0.113. The topological polar surface area (TPSA) is 86.1 Å². The number of aromatic nitrogens is 3. The van der Waals surface area contributed by atoms with Crippen LogP contribution in [0.5, 0.6) is 0 Å². The van der Waals surface area contributed by atoms with Crippen molar-refractivity contribution < 1.29 is 9.53 Å². The first kappa shape index (κ1) is 23.2. The number of amides is 1. The number of ether oxygens (including phenoxy) is 1. The number of nitrogens with zero attached hydrogens (tertiary/aromatic N) is 3. The van der Waals surface area contributed by atoms with Crippen molar-refractivity contribution in [3.8, 4) is 11.3 Å². The normalized spacial score (nSPS) is 12.1. The molecule has 0 unspecified atom stereocenters. The zero-order chi connectivity index (χ0) is 23.4. The number of nitrogens with one attached hydrogen (secondary N) is 1. The van der Waals surface area contributed by atoms with E-state index >= 15 is 0 Å². The molecular weight excluding hydrogens is 456 g/mol. The Balaban J connectivity index is 1.50. The maximum atomic E-state index is 13.1. The molecule has 7 nitrogen and oxygen atoms in total. The van der Waals surface area contributed by atoms with Crippen LogP contribution >= 0.6 is 23.1 Å². The number of thiazole rings is 1. The van der Waals surface area contributed by atoms with Crippen LogP contribution < -0.4 is 10.9 Å². The minimum absolute atomic E-state index is 0.101. The Bertz CT molecular complexity index is 1330. The average molecular weight is 481 g/mol. The lowest BCUT2D eigenvalue weighted by Gasteiger charge is -2.18. The molecule has 0 radical (unpaired) electrons. The highest BCUT2D eigenvalue weighted by molar-refractivity contribution is 7.99. The van der Waals surface area contributed by atoms with Crippen molar-refractivity contribution in [2.45, 2.75) is 25.0 Å². The smallest absolute Gasteiger partial charge is 0.262 e. The molecule has 0 bridgehead atoms. The molecule has 0 saturated carbocycles. The van der Waals surface area contributed by atoms with Crippen molar-refractivity contribution in [2.75, 3.05) is 24.8 Å². The predicted molar refractivity (Wildman–Crippen MR) is 134 cm³/mol. The van der Waals surface area contributed by atoms with Crippen molar-refractivity contribution in [1.29, 1.82) is 0 Å². The molecule has 1 N–H and O–H groups in total. The monoisotopic (exact) mass is 480 g/mol. The second kappa shape index (κ2) is 10.3. The number of thioether (sulfide) groups is 1. The zero-order valence-corrected chi connectivity index (χ0v) is 20.2. The van der Waals surface area contributed by atoms with Crippen LogP contribution in [0.15, 0.2) is 63.9 Å². The molecule has 0 spiro atoms. The van der Waals surface area contributed by atoms with Gasteiger partial charge in [-0.1, -0.05) is 53.7 Å². The van der Waals surface area contributed by atoms with E-state index in [1.807, 2.05) is 55.6 Å². The largest absolute Gasteiger partial charge is 0.383 e. The fourth-order valence-corrected chi connectivity index (χ4v) is 5.04. The maximum absolute atomic E-state index is 13.1. The van der Waals surface area contributed by atoms with Gasteiger partial charge < -0.3 is 10.1 Å². The molecule has 2 aromatic carbocycles. The summed E-state index contributed by atoms with van der Waals surface area (Å²) in [6.07, 6.45) is 0. The Morgan fingerprint density at radius 3 is 2.70 bits per heavy atom. The number of benzene rings is 2. The summed E-state index contributed by atoms with van der Waals surface area (Å²) in [7, 11) is 1.59. The zero-order valence-electron chi connectivity index (χ0n) is 18.6. The van der Waals surface area contributed by atoms with E-state index in [9.17, 15) is 9.59 Å². The van der Waals surface area contributed by atoms with Crippen molar-refractivity contribution in [2.24, 2.45) is 0 Å². The highest BCUT2D eigenvalue weighted by Gasteiger charge is 2.18.